The Balaban J connectivity index is 1.99. The number of methoxy groups -OCH3 is 2. The van der Waals surface area contributed by atoms with E-state index < -0.39 is 17.8 Å². The highest BCUT2D eigenvalue weighted by Crippen LogP contribution is 2.42. The van der Waals surface area contributed by atoms with E-state index in [2.05, 4.69) is 25.3 Å². The molecular weight excluding hydrogens is 391 g/mol. The summed E-state index contributed by atoms with van der Waals surface area (Å²) in [6.45, 7) is 0. The average Bonchev–Trinajstić information content (AvgIpc) is 3.29. The minimum absolute atomic E-state index is 0.109. The molecule has 0 aromatic carbocycles. The molecule has 142 valence electrons. The summed E-state index contributed by atoms with van der Waals surface area (Å²) in [5.41, 5.74) is -1.39. The van der Waals surface area contributed by atoms with Gasteiger partial charge in [-0.15, -0.1) is 0 Å². The summed E-state index contributed by atoms with van der Waals surface area (Å²) in [7, 11) is 2.54. The first kappa shape index (κ1) is 18.6. The summed E-state index contributed by atoms with van der Waals surface area (Å²) in [4.78, 5) is 26.8. The van der Waals surface area contributed by atoms with Crippen molar-refractivity contribution in [3.8, 4) is 22.4 Å². The van der Waals surface area contributed by atoms with Gasteiger partial charge in [0.05, 0.1) is 20.4 Å². The maximum atomic E-state index is 13.3. The van der Waals surface area contributed by atoms with Crippen molar-refractivity contribution in [3.05, 3.63) is 30.2 Å². The van der Waals surface area contributed by atoms with Crippen molar-refractivity contribution in [3.63, 3.8) is 0 Å². The highest BCUT2D eigenvalue weighted by atomic mass is 32.1. The monoisotopic (exact) mass is 401 g/mol. The lowest BCUT2D eigenvalue weighted by Crippen LogP contribution is -2.16. The zero-order chi connectivity index (χ0) is 19.6. The van der Waals surface area contributed by atoms with E-state index in [4.69, 9.17) is 13.9 Å². The van der Waals surface area contributed by atoms with Crippen LogP contribution < -0.4 is 14.8 Å². The summed E-state index contributed by atoms with van der Waals surface area (Å²) >= 11 is 0.575. The summed E-state index contributed by atoms with van der Waals surface area (Å²) in [6.07, 6.45) is -1.54. The molecule has 0 aliphatic rings. The third kappa shape index (κ3) is 3.67. The van der Waals surface area contributed by atoms with Gasteiger partial charge in [-0.05, 0) is 0 Å². The Morgan fingerprint density at radius 2 is 1.89 bits per heavy atom. The van der Waals surface area contributed by atoms with Gasteiger partial charge in [-0.2, -0.15) is 13.2 Å². The van der Waals surface area contributed by atoms with Crippen LogP contribution >= 0.6 is 11.3 Å². The van der Waals surface area contributed by atoms with Gasteiger partial charge in [0.25, 0.3) is 5.91 Å². The molecule has 0 fully saturated rings. The number of nitrogens with one attached hydrogen (secondary N) is 1. The number of oxazole rings is 1. The van der Waals surface area contributed by atoms with Crippen molar-refractivity contribution < 1.29 is 31.9 Å². The maximum absolute atomic E-state index is 13.3. The van der Waals surface area contributed by atoms with Gasteiger partial charge in [-0.3, -0.25) is 10.1 Å². The number of nitrogens with zero attached hydrogens (tertiary/aromatic N) is 4. The lowest BCUT2D eigenvalue weighted by molar-refractivity contribution is -0.140. The van der Waals surface area contributed by atoms with Gasteiger partial charge in [-0.25, -0.2) is 19.9 Å². The van der Waals surface area contributed by atoms with Crippen LogP contribution in [-0.4, -0.2) is 40.1 Å². The number of amides is 1. The number of thiazole rings is 1. The van der Waals surface area contributed by atoms with Crippen LogP contribution in [0.25, 0.3) is 10.6 Å². The van der Waals surface area contributed by atoms with Gasteiger partial charge >= 0.3 is 6.18 Å². The zero-order valence-electron chi connectivity index (χ0n) is 13.7. The van der Waals surface area contributed by atoms with E-state index in [0.717, 1.165) is 18.9 Å². The molecule has 0 atom stereocenters. The molecule has 0 spiro atoms. The number of hydrogen-bond donors (Lipinski definition) is 1. The predicted molar refractivity (Wildman–Crippen MR) is 85.7 cm³/mol. The first-order valence-electron chi connectivity index (χ1n) is 7.06. The number of rotatable bonds is 5. The number of alkyl halides is 3. The fourth-order valence-corrected chi connectivity index (χ4v) is 3.01. The Kier molecular flexibility index (Phi) is 4.94. The highest BCUT2D eigenvalue weighted by Gasteiger charge is 2.39. The van der Waals surface area contributed by atoms with Crippen LogP contribution in [0.1, 0.15) is 16.1 Å². The molecule has 0 unspecified atom stereocenters. The van der Waals surface area contributed by atoms with Crippen LogP contribution in [0, 0.1) is 0 Å². The molecule has 0 aliphatic heterocycles. The topological polar surface area (TPSA) is 112 Å². The van der Waals surface area contributed by atoms with Crippen molar-refractivity contribution in [1.29, 1.82) is 0 Å². The van der Waals surface area contributed by atoms with Crippen molar-refractivity contribution in [2.24, 2.45) is 0 Å². The molecule has 3 aromatic rings. The summed E-state index contributed by atoms with van der Waals surface area (Å²) in [6, 6.07) is 0. The Labute approximate surface area is 153 Å². The van der Waals surface area contributed by atoms with Crippen LogP contribution in [0.4, 0.5) is 18.3 Å². The first-order valence-corrected chi connectivity index (χ1v) is 7.88. The molecule has 0 saturated heterocycles. The Morgan fingerprint density at radius 3 is 2.41 bits per heavy atom. The van der Waals surface area contributed by atoms with Gasteiger partial charge < -0.3 is 13.9 Å². The lowest BCUT2D eigenvalue weighted by atomic mass is 10.3. The first-order chi connectivity index (χ1) is 12.8. The van der Waals surface area contributed by atoms with E-state index in [-0.39, 0.29) is 33.1 Å². The van der Waals surface area contributed by atoms with E-state index in [1.165, 1.54) is 14.2 Å². The van der Waals surface area contributed by atoms with Gasteiger partial charge in [0.15, 0.2) is 28.5 Å². The second-order valence-corrected chi connectivity index (χ2v) is 5.78. The minimum Gasteiger partial charge on any atom is -0.480 e. The summed E-state index contributed by atoms with van der Waals surface area (Å²) in [5, 5.41) is 1.96. The number of carbonyl (C=O) groups is 1. The fraction of sp³-hybridized carbons (Fsp3) is 0.214. The molecule has 0 saturated carbocycles. The molecule has 0 bridgehead atoms. The summed E-state index contributed by atoms with van der Waals surface area (Å²) < 4.78 is 54.7. The van der Waals surface area contributed by atoms with Crippen molar-refractivity contribution >= 4 is 22.4 Å². The minimum atomic E-state index is -4.76. The second kappa shape index (κ2) is 7.19. The lowest BCUT2D eigenvalue weighted by Gasteiger charge is -2.09. The maximum Gasteiger partial charge on any atom is 0.435 e. The molecule has 3 aromatic heterocycles. The third-order valence-corrected chi connectivity index (χ3v) is 4.15. The van der Waals surface area contributed by atoms with Gasteiger partial charge in [0.1, 0.15) is 11.2 Å². The predicted octanol–water partition coefficient (Wildman–Crippen LogP) is 2.88. The fourth-order valence-electron chi connectivity index (χ4n) is 2.08. The molecule has 13 heteroatoms. The molecule has 3 rings (SSSR count). The SMILES string of the molecule is COc1ncnc(OC)c1C(=O)Nc1nc(C(F)(F)F)c(-c2cnco2)s1. The van der Waals surface area contributed by atoms with Crippen molar-refractivity contribution in [1.82, 2.24) is 19.9 Å². The normalized spacial score (nSPS) is 11.3. The Hall–Kier alpha value is -3.22. The molecule has 27 heavy (non-hydrogen) atoms. The smallest absolute Gasteiger partial charge is 0.435 e. The van der Waals surface area contributed by atoms with Crippen LogP contribution in [0.2, 0.25) is 0 Å². The molecule has 9 nitrogen and oxygen atoms in total. The van der Waals surface area contributed by atoms with Gasteiger partial charge in [0.2, 0.25) is 11.8 Å². The number of hydrogen-bond acceptors (Lipinski definition) is 9. The second-order valence-electron chi connectivity index (χ2n) is 4.78. The molecular formula is C14H10F3N5O4S. The molecule has 0 aliphatic carbocycles. The molecule has 1 N–H and O–H groups in total. The van der Waals surface area contributed by atoms with E-state index in [0.29, 0.717) is 11.3 Å². The number of anilines is 1. The van der Waals surface area contributed by atoms with Crippen LogP contribution in [0.5, 0.6) is 11.8 Å². The number of carbonyl (C=O) groups excluding carboxylic acids is 1. The van der Waals surface area contributed by atoms with E-state index in [9.17, 15) is 18.0 Å². The highest BCUT2D eigenvalue weighted by molar-refractivity contribution is 7.19. The van der Waals surface area contributed by atoms with E-state index >= 15 is 0 Å². The van der Waals surface area contributed by atoms with Crippen molar-refractivity contribution in [2.75, 3.05) is 19.5 Å². The molecule has 0 radical (unpaired) electrons. The van der Waals surface area contributed by atoms with Crippen LogP contribution in [0.3, 0.4) is 0 Å². The quantitative estimate of drug-likeness (QED) is 0.695. The van der Waals surface area contributed by atoms with E-state index in [1.54, 1.807) is 0 Å². The van der Waals surface area contributed by atoms with E-state index in [1.807, 2.05) is 0 Å². The zero-order valence-corrected chi connectivity index (χ0v) is 14.5. The largest absolute Gasteiger partial charge is 0.480 e. The number of aromatic nitrogens is 4. The van der Waals surface area contributed by atoms with Crippen LogP contribution in [0.15, 0.2) is 23.3 Å². The molecule has 3 heterocycles. The van der Waals surface area contributed by atoms with Gasteiger partial charge in [-0.1, -0.05) is 11.3 Å². The van der Waals surface area contributed by atoms with Crippen molar-refractivity contribution in [2.45, 2.75) is 6.18 Å². The van der Waals surface area contributed by atoms with Crippen LogP contribution in [-0.2, 0) is 6.18 Å². The molecule has 1 amide bonds. The average molecular weight is 401 g/mol. The summed E-state index contributed by atoms with van der Waals surface area (Å²) in [5.74, 6) is -1.20. The Bertz CT molecular complexity index is 936. The van der Waals surface area contributed by atoms with Gasteiger partial charge in [0, 0.05) is 0 Å². The Morgan fingerprint density at radius 1 is 1.22 bits per heavy atom. The standard InChI is InChI=1S/C14H10F3N5O4S/c1-24-11-7(12(25-2)20-4-19-11)10(23)22-13-21-9(14(15,16)17)8(27-13)6-3-18-5-26-6/h3-5H,1-2H3,(H,21,22,23). The number of halogens is 3. The number of ether oxygens (including phenoxy) is 2. The third-order valence-electron chi connectivity index (χ3n) is 3.16.